The third kappa shape index (κ3) is 5.44. The van der Waals surface area contributed by atoms with Gasteiger partial charge >= 0.3 is 6.61 Å². The van der Waals surface area contributed by atoms with Gasteiger partial charge in [0.2, 0.25) is 5.91 Å². The highest BCUT2D eigenvalue weighted by Gasteiger charge is 2.14. The molecular formula is C21H18BrF2N3O3. The number of carbonyl (C=O) groups excluding carboxylic acids is 1. The second-order valence-corrected chi connectivity index (χ2v) is 6.90. The Labute approximate surface area is 180 Å². The van der Waals surface area contributed by atoms with Gasteiger partial charge in [0.25, 0.3) is 0 Å². The van der Waals surface area contributed by atoms with Crippen molar-refractivity contribution in [3.8, 4) is 11.5 Å². The summed E-state index contributed by atoms with van der Waals surface area (Å²) in [6.07, 6.45) is 4.18. The van der Waals surface area contributed by atoms with Gasteiger partial charge in [-0.25, -0.2) is 4.68 Å². The second-order valence-electron chi connectivity index (χ2n) is 6.05. The minimum Gasteiger partial charge on any atom is -0.493 e. The van der Waals surface area contributed by atoms with Crippen molar-refractivity contribution in [1.82, 2.24) is 9.78 Å². The molecule has 9 heteroatoms. The molecule has 0 spiro atoms. The van der Waals surface area contributed by atoms with E-state index in [0.29, 0.717) is 12.4 Å². The molecule has 156 valence electrons. The first-order valence-electron chi connectivity index (χ1n) is 8.84. The first kappa shape index (κ1) is 21.5. The predicted octanol–water partition coefficient (Wildman–Crippen LogP) is 4.96. The fourth-order valence-corrected chi connectivity index (χ4v) is 3.14. The van der Waals surface area contributed by atoms with E-state index in [0.717, 1.165) is 10.0 Å². The van der Waals surface area contributed by atoms with Gasteiger partial charge in [-0.3, -0.25) is 4.79 Å². The second kappa shape index (κ2) is 10.0. The lowest BCUT2D eigenvalue weighted by Crippen LogP contribution is -2.14. The first-order valence-corrected chi connectivity index (χ1v) is 9.63. The number of aromatic nitrogens is 2. The molecule has 1 amide bonds. The largest absolute Gasteiger partial charge is 0.493 e. The smallest absolute Gasteiger partial charge is 0.387 e. The minimum atomic E-state index is -3.02. The Morgan fingerprint density at radius 2 is 2.03 bits per heavy atom. The van der Waals surface area contributed by atoms with Gasteiger partial charge in [-0.2, -0.15) is 13.9 Å². The van der Waals surface area contributed by atoms with Crippen molar-refractivity contribution in [2.24, 2.45) is 0 Å². The first-order chi connectivity index (χ1) is 14.5. The molecule has 0 saturated carbocycles. The van der Waals surface area contributed by atoms with E-state index in [1.54, 1.807) is 29.1 Å². The number of hydrogen-bond donors (Lipinski definition) is 1. The molecule has 1 N–H and O–H groups in total. The van der Waals surface area contributed by atoms with E-state index in [9.17, 15) is 13.6 Å². The molecule has 0 aliphatic rings. The van der Waals surface area contributed by atoms with E-state index in [2.05, 4.69) is 31.1 Å². The quantitative estimate of drug-likeness (QED) is 0.465. The van der Waals surface area contributed by atoms with Gasteiger partial charge in [0.1, 0.15) is 5.82 Å². The van der Waals surface area contributed by atoms with Crippen LogP contribution in [0.3, 0.4) is 0 Å². The number of hydrogen-bond acceptors (Lipinski definition) is 4. The molecule has 6 nitrogen and oxygen atoms in total. The Bertz CT molecular complexity index is 1050. The number of benzene rings is 2. The Hall–Kier alpha value is -3.20. The third-order valence-electron chi connectivity index (χ3n) is 4.10. The summed E-state index contributed by atoms with van der Waals surface area (Å²) in [5, 5.41) is 6.96. The molecule has 0 atom stereocenters. The summed E-state index contributed by atoms with van der Waals surface area (Å²) in [5.74, 6) is 0.0483. The average molecular weight is 478 g/mol. The Morgan fingerprint density at radius 3 is 2.77 bits per heavy atom. The lowest BCUT2D eigenvalue weighted by Gasteiger charge is -2.12. The molecule has 0 fully saturated rings. The zero-order chi connectivity index (χ0) is 21.5. The number of ether oxygens (including phenoxy) is 2. The maximum absolute atomic E-state index is 12.7. The fraction of sp³-hybridized carbons (Fsp3) is 0.143. The summed E-state index contributed by atoms with van der Waals surface area (Å²) < 4.78 is 37.6. The number of nitrogens with one attached hydrogen (secondary N) is 1. The lowest BCUT2D eigenvalue weighted by molar-refractivity contribution is -0.111. The maximum Gasteiger partial charge on any atom is 0.387 e. The van der Waals surface area contributed by atoms with Crippen LogP contribution in [0.5, 0.6) is 11.5 Å². The third-order valence-corrected chi connectivity index (χ3v) is 4.87. The molecule has 30 heavy (non-hydrogen) atoms. The van der Waals surface area contributed by atoms with Crippen LogP contribution in [0.4, 0.5) is 14.6 Å². The Balaban J connectivity index is 1.74. The number of amides is 1. The molecule has 0 bridgehead atoms. The van der Waals surface area contributed by atoms with Crippen LogP contribution in [0, 0.1) is 0 Å². The van der Waals surface area contributed by atoms with Crippen LogP contribution in [0.2, 0.25) is 0 Å². The number of carbonyl (C=O) groups is 1. The van der Waals surface area contributed by atoms with Crippen LogP contribution in [-0.4, -0.2) is 29.4 Å². The van der Waals surface area contributed by atoms with Crippen LogP contribution >= 0.6 is 15.9 Å². The monoisotopic (exact) mass is 477 g/mol. The van der Waals surface area contributed by atoms with E-state index < -0.39 is 12.5 Å². The molecule has 3 rings (SSSR count). The molecule has 0 saturated heterocycles. The molecule has 0 unspecified atom stereocenters. The summed E-state index contributed by atoms with van der Waals surface area (Å²) >= 11 is 3.49. The van der Waals surface area contributed by atoms with E-state index >= 15 is 0 Å². The van der Waals surface area contributed by atoms with E-state index in [4.69, 9.17) is 4.74 Å². The van der Waals surface area contributed by atoms with E-state index in [1.165, 1.54) is 25.3 Å². The van der Waals surface area contributed by atoms with Gasteiger partial charge in [0.05, 0.1) is 19.9 Å². The fourth-order valence-electron chi connectivity index (χ4n) is 2.73. The van der Waals surface area contributed by atoms with Crippen molar-refractivity contribution in [3.05, 3.63) is 76.4 Å². The van der Waals surface area contributed by atoms with Crippen LogP contribution in [0.25, 0.3) is 6.08 Å². The molecular weight excluding hydrogens is 460 g/mol. The molecule has 0 aliphatic heterocycles. The number of alkyl halides is 2. The van der Waals surface area contributed by atoms with Gasteiger partial charge in [-0.15, -0.1) is 0 Å². The number of methoxy groups -OCH3 is 1. The van der Waals surface area contributed by atoms with Crippen LogP contribution in [-0.2, 0) is 11.3 Å². The molecule has 0 radical (unpaired) electrons. The number of rotatable bonds is 8. The number of anilines is 1. The predicted molar refractivity (Wildman–Crippen MR) is 113 cm³/mol. The summed E-state index contributed by atoms with van der Waals surface area (Å²) in [6.45, 7) is -2.57. The van der Waals surface area contributed by atoms with Crippen LogP contribution in [0.1, 0.15) is 11.1 Å². The summed E-state index contributed by atoms with van der Waals surface area (Å²) in [7, 11) is 1.35. The topological polar surface area (TPSA) is 65.4 Å². The minimum absolute atomic E-state index is 0.141. The highest BCUT2D eigenvalue weighted by Crippen LogP contribution is 2.33. The standard InChI is InChI=1S/C21H18BrF2N3O3/c1-29-17-8-4-6-14(20(17)30-21(23)24)9-10-19(28)26-18-11-12-25-27(18)13-15-5-2-3-7-16(15)22/h2-12,21H,13H2,1H3,(H,26,28)/b10-9+. The molecule has 3 aromatic rings. The number of para-hydroxylation sites is 1. The van der Waals surface area contributed by atoms with Gasteiger partial charge in [0, 0.05) is 22.2 Å². The lowest BCUT2D eigenvalue weighted by atomic mass is 10.1. The molecule has 1 aromatic heterocycles. The van der Waals surface area contributed by atoms with Gasteiger partial charge in [-0.05, 0) is 23.8 Å². The molecule has 0 aliphatic carbocycles. The molecule has 2 aromatic carbocycles. The van der Waals surface area contributed by atoms with Crippen molar-refractivity contribution in [1.29, 1.82) is 0 Å². The Morgan fingerprint density at radius 1 is 1.23 bits per heavy atom. The summed E-state index contributed by atoms with van der Waals surface area (Å²) in [6, 6.07) is 14.0. The van der Waals surface area contributed by atoms with Crippen LogP contribution in [0.15, 0.2) is 65.3 Å². The van der Waals surface area contributed by atoms with Gasteiger partial charge in [-0.1, -0.05) is 46.3 Å². The van der Waals surface area contributed by atoms with E-state index in [1.807, 2.05) is 24.3 Å². The zero-order valence-electron chi connectivity index (χ0n) is 15.9. The highest BCUT2D eigenvalue weighted by atomic mass is 79.9. The Kier molecular flexibility index (Phi) is 7.18. The van der Waals surface area contributed by atoms with Gasteiger partial charge < -0.3 is 14.8 Å². The van der Waals surface area contributed by atoms with Crippen molar-refractivity contribution in [2.45, 2.75) is 13.2 Å². The maximum atomic E-state index is 12.7. The summed E-state index contributed by atoms with van der Waals surface area (Å²) in [5.41, 5.74) is 1.28. The normalized spacial score (nSPS) is 11.1. The zero-order valence-corrected chi connectivity index (χ0v) is 17.5. The van der Waals surface area contributed by atoms with Crippen molar-refractivity contribution in [3.63, 3.8) is 0 Å². The van der Waals surface area contributed by atoms with Crippen molar-refractivity contribution >= 4 is 33.7 Å². The highest BCUT2D eigenvalue weighted by molar-refractivity contribution is 9.10. The van der Waals surface area contributed by atoms with Gasteiger partial charge in [0.15, 0.2) is 11.5 Å². The van der Waals surface area contributed by atoms with Crippen molar-refractivity contribution in [2.75, 3.05) is 12.4 Å². The number of halogens is 3. The average Bonchev–Trinajstić information content (AvgIpc) is 3.15. The van der Waals surface area contributed by atoms with E-state index in [-0.39, 0.29) is 17.1 Å². The van der Waals surface area contributed by atoms with Crippen LogP contribution < -0.4 is 14.8 Å². The molecule has 1 heterocycles. The number of nitrogens with zero attached hydrogens (tertiary/aromatic N) is 2. The SMILES string of the molecule is COc1cccc(/C=C/C(=O)Nc2ccnn2Cc2ccccc2Br)c1OC(F)F. The van der Waals surface area contributed by atoms with Crippen molar-refractivity contribution < 1.29 is 23.0 Å². The summed E-state index contributed by atoms with van der Waals surface area (Å²) in [4.78, 5) is 12.4.